The summed E-state index contributed by atoms with van der Waals surface area (Å²) in [7, 11) is 1.45. The Morgan fingerprint density at radius 2 is 2.13 bits per heavy atom. The van der Waals surface area contributed by atoms with Crippen LogP contribution in [0, 0.1) is 0 Å². The molecule has 0 aliphatic carbocycles. The van der Waals surface area contributed by atoms with Gasteiger partial charge in [0.2, 0.25) is 5.91 Å². The van der Waals surface area contributed by atoms with E-state index in [1.54, 1.807) is 31.2 Å². The van der Waals surface area contributed by atoms with Gasteiger partial charge in [0.05, 0.1) is 6.61 Å². The van der Waals surface area contributed by atoms with Crippen molar-refractivity contribution in [2.75, 3.05) is 19.0 Å². The molecule has 0 bridgehead atoms. The topological polar surface area (TPSA) is 123 Å². The number of imide groups is 1. The molecule has 4 amide bonds. The maximum atomic E-state index is 11.9. The third kappa shape index (κ3) is 3.98. The van der Waals surface area contributed by atoms with Crippen molar-refractivity contribution >= 4 is 35.9 Å². The molecule has 0 spiro atoms. The molecule has 1 aliphatic heterocycles. The summed E-state index contributed by atoms with van der Waals surface area (Å²) in [5, 5.41) is 7.40. The normalized spacial score (nSPS) is 21.0. The molecule has 8 nitrogen and oxygen atoms in total. The summed E-state index contributed by atoms with van der Waals surface area (Å²) < 4.78 is 4.82. The molecule has 2 rings (SSSR count). The number of amides is 4. The summed E-state index contributed by atoms with van der Waals surface area (Å²) in [6.07, 6.45) is 0. The van der Waals surface area contributed by atoms with Crippen molar-refractivity contribution in [1.29, 1.82) is 0 Å². The molecule has 2 atom stereocenters. The van der Waals surface area contributed by atoms with E-state index in [-0.39, 0.29) is 19.0 Å². The molecule has 0 radical (unpaired) electrons. The Kier molecular flexibility index (Phi) is 6.08. The molecule has 1 aromatic carbocycles. The maximum Gasteiger partial charge on any atom is 0.322 e. The number of rotatable bonds is 5. The van der Waals surface area contributed by atoms with Gasteiger partial charge in [-0.25, -0.2) is 4.79 Å². The number of benzene rings is 1. The predicted octanol–water partition coefficient (Wildman–Crippen LogP) is 0.0752. The first kappa shape index (κ1) is 18.9. The van der Waals surface area contributed by atoms with Gasteiger partial charge in [-0.1, -0.05) is 12.1 Å². The van der Waals surface area contributed by atoms with Crippen molar-refractivity contribution < 1.29 is 19.1 Å². The van der Waals surface area contributed by atoms with E-state index in [0.717, 1.165) is 0 Å². The third-order valence-corrected chi connectivity index (χ3v) is 3.44. The molecular formula is C14H19ClN4O4. The lowest BCUT2D eigenvalue weighted by atomic mass is 9.92. The molecule has 0 aromatic heterocycles. The molecular weight excluding hydrogens is 324 g/mol. The zero-order valence-electron chi connectivity index (χ0n) is 12.7. The summed E-state index contributed by atoms with van der Waals surface area (Å²) in [4.78, 5) is 35.1. The number of nitrogens with one attached hydrogen (secondary N) is 3. The summed E-state index contributed by atoms with van der Waals surface area (Å²) in [5.74, 6) is -0.846. The van der Waals surface area contributed by atoms with Gasteiger partial charge in [0.25, 0.3) is 5.91 Å². The molecule has 126 valence electrons. The van der Waals surface area contributed by atoms with Crippen molar-refractivity contribution in [3.8, 4) is 0 Å². The minimum Gasteiger partial charge on any atom is -0.383 e. The Morgan fingerprint density at radius 1 is 1.43 bits per heavy atom. The van der Waals surface area contributed by atoms with Crippen molar-refractivity contribution in [2.45, 2.75) is 18.5 Å². The largest absolute Gasteiger partial charge is 0.383 e. The van der Waals surface area contributed by atoms with Crippen LogP contribution in [0.5, 0.6) is 0 Å². The van der Waals surface area contributed by atoms with Gasteiger partial charge in [0, 0.05) is 12.8 Å². The highest BCUT2D eigenvalue weighted by Crippen LogP contribution is 2.26. The van der Waals surface area contributed by atoms with Crippen LogP contribution in [0.2, 0.25) is 0 Å². The van der Waals surface area contributed by atoms with E-state index in [2.05, 4.69) is 16.0 Å². The summed E-state index contributed by atoms with van der Waals surface area (Å²) >= 11 is 0. The van der Waals surface area contributed by atoms with Crippen molar-refractivity contribution in [3.05, 3.63) is 29.8 Å². The molecule has 0 saturated carbocycles. The smallest absolute Gasteiger partial charge is 0.322 e. The fourth-order valence-corrected chi connectivity index (χ4v) is 2.14. The highest BCUT2D eigenvalue weighted by molar-refractivity contribution is 6.07. The Bertz CT molecular complexity index is 625. The average molecular weight is 343 g/mol. The molecule has 9 heteroatoms. The number of ether oxygens (including phenoxy) is 1. The van der Waals surface area contributed by atoms with E-state index < -0.39 is 29.4 Å². The molecule has 1 fully saturated rings. The molecule has 1 saturated heterocycles. The van der Waals surface area contributed by atoms with Gasteiger partial charge in [-0.15, -0.1) is 12.4 Å². The standard InChI is InChI=1S/C14H18N4O4.ClH/c1-14(12(20)17-13(21)18-14)8-4-3-5-9(6-8)16-11(19)10(15)7-22-2;/h3-6,10H,7,15H2,1-2H3,(H,16,19)(H2,17,18,20,21);1H. The van der Waals surface area contributed by atoms with Crippen LogP contribution >= 0.6 is 12.4 Å². The van der Waals surface area contributed by atoms with E-state index in [1.807, 2.05) is 0 Å². The Hall–Kier alpha value is -2.16. The van der Waals surface area contributed by atoms with Crippen LogP contribution in [0.25, 0.3) is 0 Å². The first-order valence-corrected chi connectivity index (χ1v) is 6.66. The summed E-state index contributed by atoms with van der Waals surface area (Å²) in [5.41, 5.74) is 5.50. The van der Waals surface area contributed by atoms with Gasteiger partial charge in [-0.05, 0) is 24.6 Å². The number of nitrogens with two attached hydrogens (primary N) is 1. The van der Waals surface area contributed by atoms with Gasteiger partial charge in [-0.3, -0.25) is 14.9 Å². The Labute approximate surface area is 139 Å². The van der Waals surface area contributed by atoms with Crippen molar-refractivity contribution in [2.24, 2.45) is 5.73 Å². The van der Waals surface area contributed by atoms with Gasteiger partial charge in [0.1, 0.15) is 11.6 Å². The van der Waals surface area contributed by atoms with Crippen LogP contribution in [0.4, 0.5) is 10.5 Å². The molecule has 5 N–H and O–H groups in total. The quantitative estimate of drug-likeness (QED) is 0.564. The second-order valence-corrected chi connectivity index (χ2v) is 5.17. The van der Waals surface area contributed by atoms with Crippen LogP contribution in [0.3, 0.4) is 0 Å². The van der Waals surface area contributed by atoms with E-state index >= 15 is 0 Å². The molecule has 1 aromatic rings. The number of methoxy groups -OCH3 is 1. The van der Waals surface area contributed by atoms with Crippen molar-refractivity contribution in [3.63, 3.8) is 0 Å². The molecule has 1 aliphatic rings. The first-order valence-electron chi connectivity index (χ1n) is 6.66. The number of urea groups is 1. The lowest BCUT2D eigenvalue weighted by Crippen LogP contribution is -2.41. The van der Waals surface area contributed by atoms with Crippen LogP contribution in [0.1, 0.15) is 12.5 Å². The van der Waals surface area contributed by atoms with Crippen LogP contribution in [-0.4, -0.2) is 37.6 Å². The second kappa shape index (κ2) is 7.40. The lowest BCUT2D eigenvalue weighted by molar-refractivity contribution is -0.123. The Morgan fingerprint density at radius 3 is 2.70 bits per heavy atom. The summed E-state index contributed by atoms with van der Waals surface area (Å²) in [6, 6.07) is 5.30. The minimum absolute atomic E-state index is 0. The molecule has 2 unspecified atom stereocenters. The number of halogens is 1. The number of hydrogen-bond acceptors (Lipinski definition) is 5. The second-order valence-electron chi connectivity index (χ2n) is 5.17. The van der Waals surface area contributed by atoms with E-state index in [9.17, 15) is 14.4 Å². The molecule has 1 heterocycles. The van der Waals surface area contributed by atoms with Gasteiger partial charge in [-0.2, -0.15) is 0 Å². The average Bonchev–Trinajstić information content (AvgIpc) is 2.73. The third-order valence-electron chi connectivity index (χ3n) is 3.44. The SMILES string of the molecule is COCC(N)C(=O)Nc1cccc(C2(C)NC(=O)NC2=O)c1.Cl. The number of carbonyl (C=O) groups excluding carboxylic acids is 3. The molecule has 23 heavy (non-hydrogen) atoms. The van der Waals surface area contributed by atoms with Crippen LogP contribution in [-0.2, 0) is 19.9 Å². The van der Waals surface area contributed by atoms with Gasteiger partial charge >= 0.3 is 6.03 Å². The number of hydrogen-bond donors (Lipinski definition) is 4. The monoisotopic (exact) mass is 342 g/mol. The van der Waals surface area contributed by atoms with Crippen molar-refractivity contribution in [1.82, 2.24) is 10.6 Å². The minimum atomic E-state index is -1.17. The maximum absolute atomic E-state index is 11.9. The van der Waals surface area contributed by atoms with E-state index in [0.29, 0.717) is 11.3 Å². The summed E-state index contributed by atoms with van der Waals surface area (Å²) in [6.45, 7) is 1.69. The zero-order valence-corrected chi connectivity index (χ0v) is 13.5. The number of anilines is 1. The fraction of sp³-hybridized carbons (Fsp3) is 0.357. The Balaban J connectivity index is 0.00000264. The van der Waals surface area contributed by atoms with Crippen LogP contribution in [0.15, 0.2) is 24.3 Å². The highest BCUT2D eigenvalue weighted by Gasteiger charge is 2.43. The fourth-order valence-electron chi connectivity index (χ4n) is 2.14. The van der Waals surface area contributed by atoms with E-state index in [4.69, 9.17) is 10.5 Å². The van der Waals surface area contributed by atoms with Gasteiger partial charge < -0.3 is 21.1 Å². The predicted molar refractivity (Wildman–Crippen MR) is 86.2 cm³/mol. The first-order chi connectivity index (χ1) is 10.4. The highest BCUT2D eigenvalue weighted by atomic mass is 35.5. The lowest BCUT2D eigenvalue weighted by Gasteiger charge is -2.22. The van der Waals surface area contributed by atoms with Crippen LogP contribution < -0.4 is 21.7 Å². The van der Waals surface area contributed by atoms with E-state index in [1.165, 1.54) is 7.11 Å². The number of carbonyl (C=O) groups is 3. The van der Waals surface area contributed by atoms with Gasteiger partial charge in [0.15, 0.2) is 0 Å². The zero-order chi connectivity index (χ0) is 16.3.